The molecule has 1 aromatic heterocycles. The maximum atomic E-state index is 13.1. The van der Waals surface area contributed by atoms with Crippen LogP contribution in [0.15, 0.2) is 52.7 Å². The van der Waals surface area contributed by atoms with Crippen LogP contribution in [0.1, 0.15) is 10.4 Å². The highest BCUT2D eigenvalue weighted by molar-refractivity contribution is 7.89. The largest absolute Gasteiger partial charge is 0.495 e. The van der Waals surface area contributed by atoms with Crippen LogP contribution in [0.5, 0.6) is 5.75 Å². The van der Waals surface area contributed by atoms with Crippen LogP contribution in [0.3, 0.4) is 0 Å². The number of rotatable bonds is 6. The molecule has 1 aliphatic heterocycles. The highest BCUT2D eigenvalue weighted by Gasteiger charge is 2.30. The molecule has 4 rings (SSSR count). The molecule has 0 radical (unpaired) electrons. The summed E-state index contributed by atoms with van der Waals surface area (Å²) in [4.78, 5) is 17.1. The summed E-state index contributed by atoms with van der Waals surface area (Å²) in [5.41, 5.74) is 1.46. The van der Waals surface area contributed by atoms with Gasteiger partial charge in [-0.15, -0.1) is 11.3 Å². The Morgan fingerprint density at radius 2 is 1.91 bits per heavy atom. The Bertz CT molecular complexity index is 1220. The Morgan fingerprint density at radius 1 is 1.19 bits per heavy atom. The molecule has 1 fully saturated rings. The summed E-state index contributed by atoms with van der Waals surface area (Å²) in [6.07, 6.45) is 0. The van der Waals surface area contributed by atoms with Crippen LogP contribution in [0, 0.1) is 5.82 Å². The van der Waals surface area contributed by atoms with Crippen molar-refractivity contribution in [2.24, 2.45) is 0 Å². The number of carbonyl (C=O) groups is 1. The van der Waals surface area contributed by atoms with Crippen molar-refractivity contribution in [3.63, 3.8) is 0 Å². The highest BCUT2D eigenvalue weighted by Crippen LogP contribution is 2.30. The average molecular weight is 478 g/mol. The number of nitrogens with zero attached hydrogens (tertiary/aromatic N) is 2. The van der Waals surface area contributed by atoms with Crippen molar-refractivity contribution >= 4 is 32.4 Å². The first kappa shape index (κ1) is 22.3. The Kier molecular flexibility index (Phi) is 6.51. The summed E-state index contributed by atoms with van der Waals surface area (Å²) in [5.74, 6) is -0.702. The lowest BCUT2D eigenvalue weighted by Crippen LogP contribution is -2.40. The van der Waals surface area contributed by atoms with E-state index in [9.17, 15) is 17.6 Å². The lowest BCUT2D eigenvalue weighted by Gasteiger charge is -2.26. The van der Waals surface area contributed by atoms with Gasteiger partial charge in [-0.2, -0.15) is 4.31 Å². The van der Waals surface area contributed by atoms with E-state index in [0.29, 0.717) is 29.6 Å². The van der Waals surface area contributed by atoms with Gasteiger partial charge in [0.1, 0.15) is 16.5 Å². The SMILES string of the molecule is COc1ccc(C(=O)Nc2nc(-c3ccc(F)cc3)cs2)cc1S(=O)(=O)N1CCOCC1. The van der Waals surface area contributed by atoms with Crippen molar-refractivity contribution in [2.45, 2.75) is 4.90 Å². The van der Waals surface area contributed by atoms with Crippen molar-refractivity contribution in [3.05, 3.63) is 59.2 Å². The van der Waals surface area contributed by atoms with Crippen molar-refractivity contribution in [2.75, 3.05) is 38.7 Å². The van der Waals surface area contributed by atoms with Gasteiger partial charge in [0.25, 0.3) is 5.91 Å². The number of ether oxygens (including phenoxy) is 2. The third-order valence-electron chi connectivity index (χ3n) is 4.88. The average Bonchev–Trinajstić information content (AvgIpc) is 3.28. The molecule has 8 nitrogen and oxygen atoms in total. The summed E-state index contributed by atoms with van der Waals surface area (Å²) in [6.45, 7) is 1.07. The van der Waals surface area contributed by atoms with E-state index in [1.165, 1.54) is 53.1 Å². The molecular weight excluding hydrogens is 457 g/mol. The molecule has 3 aromatic rings. The lowest BCUT2D eigenvalue weighted by molar-refractivity contribution is 0.0729. The minimum Gasteiger partial charge on any atom is -0.495 e. The van der Waals surface area contributed by atoms with Gasteiger partial charge >= 0.3 is 0 Å². The number of halogens is 1. The van der Waals surface area contributed by atoms with Crippen molar-refractivity contribution < 1.29 is 27.1 Å². The fourth-order valence-electron chi connectivity index (χ4n) is 3.20. The van der Waals surface area contributed by atoms with Gasteiger partial charge in [0.15, 0.2) is 5.13 Å². The molecule has 1 amide bonds. The Labute approximate surface area is 188 Å². The van der Waals surface area contributed by atoms with Crippen LogP contribution in [-0.4, -0.2) is 57.0 Å². The van der Waals surface area contributed by atoms with Gasteiger partial charge in [0.2, 0.25) is 10.0 Å². The summed E-state index contributed by atoms with van der Waals surface area (Å²) < 4.78 is 51.1. The van der Waals surface area contributed by atoms with Crippen LogP contribution in [0.2, 0.25) is 0 Å². The minimum atomic E-state index is -3.86. The zero-order chi connectivity index (χ0) is 22.7. The number of benzene rings is 2. The molecule has 0 saturated carbocycles. The number of anilines is 1. The Hall–Kier alpha value is -2.86. The number of methoxy groups -OCH3 is 1. The van der Waals surface area contributed by atoms with E-state index in [-0.39, 0.29) is 35.1 Å². The van der Waals surface area contributed by atoms with Crippen LogP contribution < -0.4 is 10.1 Å². The van der Waals surface area contributed by atoms with Crippen molar-refractivity contribution in [1.29, 1.82) is 0 Å². The van der Waals surface area contributed by atoms with E-state index in [2.05, 4.69) is 10.3 Å². The van der Waals surface area contributed by atoms with E-state index in [1.807, 2.05) is 0 Å². The third kappa shape index (κ3) is 4.65. The van der Waals surface area contributed by atoms with Gasteiger partial charge in [-0.05, 0) is 42.5 Å². The van der Waals surface area contributed by atoms with Gasteiger partial charge < -0.3 is 9.47 Å². The molecule has 1 saturated heterocycles. The molecule has 1 aliphatic rings. The smallest absolute Gasteiger partial charge is 0.257 e. The third-order valence-corrected chi connectivity index (χ3v) is 7.56. The zero-order valence-corrected chi connectivity index (χ0v) is 18.7. The number of hydrogen-bond donors (Lipinski definition) is 1. The van der Waals surface area contributed by atoms with Gasteiger partial charge in [-0.1, -0.05) is 0 Å². The number of aromatic nitrogens is 1. The highest BCUT2D eigenvalue weighted by atomic mass is 32.2. The van der Waals surface area contributed by atoms with Gasteiger partial charge in [-0.25, -0.2) is 17.8 Å². The molecule has 168 valence electrons. The number of nitrogens with one attached hydrogen (secondary N) is 1. The Morgan fingerprint density at radius 3 is 2.59 bits per heavy atom. The number of sulfonamides is 1. The second kappa shape index (κ2) is 9.33. The topological polar surface area (TPSA) is 97.8 Å². The van der Waals surface area contributed by atoms with Crippen LogP contribution in [0.25, 0.3) is 11.3 Å². The molecular formula is C21H20FN3O5S2. The molecule has 2 aromatic carbocycles. The maximum Gasteiger partial charge on any atom is 0.257 e. The lowest BCUT2D eigenvalue weighted by atomic mass is 10.2. The van der Waals surface area contributed by atoms with E-state index < -0.39 is 15.9 Å². The molecule has 32 heavy (non-hydrogen) atoms. The first-order valence-corrected chi connectivity index (χ1v) is 12.0. The van der Waals surface area contributed by atoms with E-state index in [4.69, 9.17) is 9.47 Å². The fraction of sp³-hybridized carbons (Fsp3) is 0.238. The van der Waals surface area contributed by atoms with Crippen LogP contribution in [-0.2, 0) is 14.8 Å². The molecule has 2 heterocycles. The predicted octanol–water partition coefficient (Wildman–Crippen LogP) is 3.23. The Balaban J connectivity index is 1.57. The number of thiazole rings is 1. The van der Waals surface area contributed by atoms with Gasteiger partial charge in [0.05, 0.1) is 26.0 Å². The van der Waals surface area contributed by atoms with Crippen molar-refractivity contribution in [3.8, 4) is 17.0 Å². The first-order chi connectivity index (χ1) is 15.4. The van der Waals surface area contributed by atoms with Gasteiger partial charge in [0, 0.05) is 29.6 Å². The summed E-state index contributed by atoms with van der Waals surface area (Å²) in [5, 5.41) is 4.76. The predicted molar refractivity (Wildman–Crippen MR) is 118 cm³/mol. The number of amides is 1. The maximum absolute atomic E-state index is 13.1. The second-order valence-corrected chi connectivity index (χ2v) is 9.65. The molecule has 1 N–H and O–H groups in total. The van der Waals surface area contributed by atoms with Gasteiger partial charge in [-0.3, -0.25) is 10.1 Å². The van der Waals surface area contributed by atoms with Crippen molar-refractivity contribution in [1.82, 2.24) is 9.29 Å². The van der Waals surface area contributed by atoms with Crippen LogP contribution in [0.4, 0.5) is 9.52 Å². The second-order valence-electron chi connectivity index (χ2n) is 6.88. The summed E-state index contributed by atoms with van der Waals surface area (Å²) in [7, 11) is -2.49. The molecule has 0 bridgehead atoms. The number of carbonyl (C=O) groups excluding carboxylic acids is 1. The fourth-order valence-corrected chi connectivity index (χ4v) is 5.50. The van der Waals surface area contributed by atoms with Crippen LogP contribution >= 0.6 is 11.3 Å². The van der Waals surface area contributed by atoms with E-state index in [1.54, 1.807) is 17.5 Å². The quantitative estimate of drug-likeness (QED) is 0.586. The molecule has 0 unspecified atom stereocenters. The zero-order valence-electron chi connectivity index (χ0n) is 17.1. The standard InChI is InChI=1S/C21H20FN3O5S2/c1-29-18-7-4-15(12-19(18)32(27,28)25-8-10-30-11-9-25)20(26)24-21-23-17(13-31-21)14-2-5-16(22)6-3-14/h2-7,12-13H,8-11H2,1H3,(H,23,24,26). The number of hydrogen-bond acceptors (Lipinski definition) is 7. The number of morpholine rings is 1. The van der Waals surface area contributed by atoms with E-state index >= 15 is 0 Å². The molecule has 0 spiro atoms. The summed E-state index contributed by atoms with van der Waals surface area (Å²) in [6, 6.07) is 10.1. The molecule has 0 atom stereocenters. The normalized spacial score (nSPS) is 14.8. The molecule has 11 heteroatoms. The van der Waals surface area contributed by atoms with E-state index in [0.717, 1.165) is 0 Å². The monoisotopic (exact) mass is 477 g/mol. The first-order valence-electron chi connectivity index (χ1n) is 9.67. The summed E-state index contributed by atoms with van der Waals surface area (Å²) >= 11 is 1.21. The molecule has 0 aliphatic carbocycles. The minimum absolute atomic E-state index is 0.0827.